The summed E-state index contributed by atoms with van der Waals surface area (Å²) in [6.45, 7) is 14.1. The molecule has 0 aromatic carbocycles. The molecule has 0 aromatic rings. The number of aliphatic hydroxyl groups is 1. The number of hydrogen-bond acceptors (Lipinski definition) is 15. The van der Waals surface area contributed by atoms with Gasteiger partial charge < -0.3 is 33.8 Å². The summed E-state index contributed by atoms with van der Waals surface area (Å²) in [5, 5.41) is 10.6. The van der Waals surface area contributed by atoms with Gasteiger partial charge in [-0.3, -0.25) is 37.3 Å². The zero-order valence-corrected chi connectivity index (χ0v) is 63.4. The molecule has 19 heteroatoms. The lowest BCUT2D eigenvalue weighted by molar-refractivity contribution is -0.161. The SMILES string of the molecule is CC(C)CCCCCCCCCCCCCCCCCC(=O)O[C@H](COC(=O)CCCCCCCCCC(C)C)COP(=O)(O)OCC(O)COP(=O)(O)OC[C@@H](COC(=O)CCCCCCCCCCCCCC(C)C)OC(=O)CCCCCCCCCCCC(C)C. The van der Waals surface area contributed by atoms with Crippen LogP contribution in [-0.4, -0.2) is 96.7 Å². The predicted octanol–water partition coefficient (Wildman–Crippen LogP) is 21.7. The van der Waals surface area contributed by atoms with Gasteiger partial charge in [0.15, 0.2) is 12.2 Å². The van der Waals surface area contributed by atoms with Crippen LogP contribution >= 0.6 is 15.6 Å². The van der Waals surface area contributed by atoms with E-state index in [1.165, 1.54) is 173 Å². The van der Waals surface area contributed by atoms with Gasteiger partial charge in [-0.05, 0) is 49.4 Å². The number of hydrogen-bond donors (Lipinski definition) is 3. The van der Waals surface area contributed by atoms with E-state index in [4.69, 9.17) is 37.0 Å². The predicted molar refractivity (Wildman–Crippen MR) is 381 cm³/mol. The molecule has 0 aliphatic heterocycles. The van der Waals surface area contributed by atoms with Gasteiger partial charge in [0, 0.05) is 25.7 Å². The van der Waals surface area contributed by atoms with Crippen LogP contribution in [0.2, 0.25) is 0 Å². The van der Waals surface area contributed by atoms with E-state index in [-0.39, 0.29) is 25.7 Å². The Labute approximate surface area is 575 Å². The molecule has 0 saturated heterocycles. The first-order chi connectivity index (χ1) is 45.1. The van der Waals surface area contributed by atoms with Crippen LogP contribution in [0.4, 0.5) is 0 Å². The second-order valence-corrected chi connectivity index (χ2v) is 31.9. The Morgan fingerprint density at radius 1 is 0.266 bits per heavy atom. The van der Waals surface area contributed by atoms with Crippen LogP contribution in [-0.2, 0) is 65.4 Å². The summed E-state index contributed by atoms with van der Waals surface area (Å²) in [5.41, 5.74) is 0. The zero-order valence-electron chi connectivity index (χ0n) is 61.6. The second-order valence-electron chi connectivity index (χ2n) is 28.9. The van der Waals surface area contributed by atoms with Crippen molar-refractivity contribution in [1.29, 1.82) is 0 Å². The third kappa shape index (κ3) is 68.6. The topological polar surface area (TPSA) is 237 Å². The number of phosphoric ester groups is 2. The van der Waals surface area contributed by atoms with Crippen LogP contribution in [0.1, 0.15) is 376 Å². The van der Waals surface area contributed by atoms with Crippen LogP contribution in [0.5, 0.6) is 0 Å². The lowest BCUT2D eigenvalue weighted by Gasteiger charge is -2.21. The minimum absolute atomic E-state index is 0.105. The molecule has 3 N–H and O–H groups in total. The largest absolute Gasteiger partial charge is 0.472 e. The van der Waals surface area contributed by atoms with Crippen LogP contribution in [0.15, 0.2) is 0 Å². The van der Waals surface area contributed by atoms with Crippen molar-refractivity contribution in [2.75, 3.05) is 39.6 Å². The molecule has 3 unspecified atom stereocenters. The molecule has 0 amide bonds. The van der Waals surface area contributed by atoms with E-state index in [2.05, 4.69) is 55.4 Å². The van der Waals surface area contributed by atoms with Crippen LogP contribution in [0.25, 0.3) is 0 Å². The van der Waals surface area contributed by atoms with E-state index in [1.54, 1.807) is 0 Å². The molecule has 0 fully saturated rings. The average molecular weight is 1380 g/mol. The highest BCUT2D eigenvalue weighted by atomic mass is 31.2. The molecule has 17 nitrogen and oxygen atoms in total. The Morgan fingerprint density at radius 3 is 0.660 bits per heavy atom. The molecule has 0 aliphatic carbocycles. The van der Waals surface area contributed by atoms with Crippen molar-refractivity contribution < 1.29 is 80.2 Å². The normalized spacial score (nSPS) is 14.2. The number of carbonyl (C=O) groups is 4. The molecule has 0 bridgehead atoms. The Hall–Kier alpha value is -1.94. The van der Waals surface area contributed by atoms with Crippen molar-refractivity contribution in [3.63, 3.8) is 0 Å². The van der Waals surface area contributed by atoms with Crippen molar-refractivity contribution in [2.24, 2.45) is 23.7 Å². The monoisotopic (exact) mass is 1380 g/mol. The summed E-state index contributed by atoms with van der Waals surface area (Å²) in [6, 6.07) is 0. The van der Waals surface area contributed by atoms with Gasteiger partial charge in [0.2, 0.25) is 0 Å². The van der Waals surface area contributed by atoms with Gasteiger partial charge in [0.25, 0.3) is 0 Å². The lowest BCUT2D eigenvalue weighted by atomic mass is 10.0. The maximum Gasteiger partial charge on any atom is 0.472 e. The molecular weight excluding hydrogens is 1230 g/mol. The van der Waals surface area contributed by atoms with Crippen molar-refractivity contribution in [3.8, 4) is 0 Å². The van der Waals surface area contributed by atoms with E-state index >= 15 is 0 Å². The number of ether oxygens (including phenoxy) is 4. The summed E-state index contributed by atoms with van der Waals surface area (Å²) in [5.74, 6) is 0.892. The van der Waals surface area contributed by atoms with Gasteiger partial charge in [0.05, 0.1) is 26.4 Å². The minimum Gasteiger partial charge on any atom is -0.462 e. The Bertz CT molecular complexity index is 1850. The third-order valence-electron chi connectivity index (χ3n) is 17.3. The zero-order chi connectivity index (χ0) is 69.6. The van der Waals surface area contributed by atoms with Gasteiger partial charge in [0.1, 0.15) is 19.3 Å². The number of phosphoric acid groups is 2. The van der Waals surface area contributed by atoms with Crippen LogP contribution < -0.4 is 0 Å². The quantitative estimate of drug-likeness (QED) is 0.0222. The highest BCUT2D eigenvalue weighted by Crippen LogP contribution is 2.45. The smallest absolute Gasteiger partial charge is 0.462 e. The molecule has 0 aliphatic rings. The minimum atomic E-state index is -4.96. The molecule has 5 atom stereocenters. The Balaban J connectivity index is 5.23. The summed E-state index contributed by atoms with van der Waals surface area (Å²) in [7, 11) is -9.91. The molecular formula is C75H146O17P2. The van der Waals surface area contributed by atoms with E-state index in [0.29, 0.717) is 31.6 Å². The first kappa shape index (κ1) is 92.1. The number of aliphatic hydroxyl groups excluding tert-OH is 1. The Morgan fingerprint density at radius 2 is 0.447 bits per heavy atom. The molecule has 0 spiro atoms. The van der Waals surface area contributed by atoms with E-state index in [1.807, 2.05) is 0 Å². The number of rotatable bonds is 72. The van der Waals surface area contributed by atoms with Gasteiger partial charge in [-0.2, -0.15) is 0 Å². The summed E-state index contributed by atoms with van der Waals surface area (Å²) < 4.78 is 68.5. The average Bonchev–Trinajstić information content (AvgIpc) is 1.27. The molecule has 94 heavy (non-hydrogen) atoms. The van der Waals surface area contributed by atoms with Gasteiger partial charge in [-0.1, -0.05) is 325 Å². The number of unbranched alkanes of at least 4 members (excludes halogenated alkanes) is 38. The van der Waals surface area contributed by atoms with Gasteiger partial charge >= 0.3 is 39.5 Å². The van der Waals surface area contributed by atoms with Crippen molar-refractivity contribution in [3.05, 3.63) is 0 Å². The standard InChI is InChI=1S/C75H146O17P2/c1-65(2)51-43-35-27-20-15-12-10-9-11-13-17-24-32-41-49-57-74(79)91-71(62-86-73(78)56-48-40-34-26-30-38-46-54-68(7)8)64-90-94(83,84)88-60-69(76)59-87-93(81,82)89-63-70(92-75(80)58-50-42-33-25-19-22-29-37-45-53-67(5)6)61-85-72(77)55-47-39-31-23-18-14-16-21-28-36-44-52-66(3)4/h65-71,76H,9-64H2,1-8H3,(H,81,82)(H,83,84)/t69?,70-,71-/m1/s1. The maximum absolute atomic E-state index is 13.1. The van der Waals surface area contributed by atoms with Crippen molar-refractivity contribution in [2.45, 2.75) is 395 Å². The molecule has 0 radical (unpaired) electrons. The van der Waals surface area contributed by atoms with E-state index in [9.17, 15) is 43.2 Å². The van der Waals surface area contributed by atoms with Crippen molar-refractivity contribution >= 4 is 39.5 Å². The van der Waals surface area contributed by atoms with E-state index < -0.39 is 97.5 Å². The Kier molecular flexibility index (Phi) is 63.1. The first-order valence-electron chi connectivity index (χ1n) is 38.7. The van der Waals surface area contributed by atoms with Crippen LogP contribution in [0, 0.1) is 23.7 Å². The maximum atomic E-state index is 13.1. The van der Waals surface area contributed by atoms with E-state index in [0.717, 1.165) is 114 Å². The first-order valence-corrected chi connectivity index (χ1v) is 41.7. The second kappa shape index (κ2) is 64.4. The number of esters is 4. The summed E-state index contributed by atoms with van der Waals surface area (Å²) in [6.07, 6.45) is 48.7. The lowest BCUT2D eigenvalue weighted by Crippen LogP contribution is -2.30. The highest BCUT2D eigenvalue weighted by molar-refractivity contribution is 7.47. The van der Waals surface area contributed by atoms with Gasteiger partial charge in [-0.15, -0.1) is 0 Å². The molecule has 0 aromatic heterocycles. The molecule has 0 rings (SSSR count). The van der Waals surface area contributed by atoms with Crippen molar-refractivity contribution in [1.82, 2.24) is 0 Å². The molecule has 558 valence electrons. The number of carbonyl (C=O) groups excluding carboxylic acids is 4. The summed E-state index contributed by atoms with van der Waals surface area (Å²) >= 11 is 0. The van der Waals surface area contributed by atoms with Gasteiger partial charge in [-0.25, -0.2) is 9.13 Å². The third-order valence-corrected chi connectivity index (χ3v) is 19.2. The fourth-order valence-corrected chi connectivity index (χ4v) is 13.0. The fourth-order valence-electron chi connectivity index (χ4n) is 11.4. The molecule has 0 saturated carbocycles. The fraction of sp³-hybridized carbons (Fsp3) is 0.947. The molecule has 0 heterocycles. The highest BCUT2D eigenvalue weighted by Gasteiger charge is 2.30. The summed E-state index contributed by atoms with van der Waals surface area (Å²) in [4.78, 5) is 72.7. The van der Waals surface area contributed by atoms with Crippen LogP contribution in [0.3, 0.4) is 0 Å².